The van der Waals surface area contributed by atoms with Crippen LogP contribution in [0.4, 0.5) is 0 Å². The summed E-state index contributed by atoms with van der Waals surface area (Å²) in [4.78, 5) is 0. The highest BCUT2D eigenvalue weighted by molar-refractivity contribution is 4.91. The molecule has 0 spiro atoms. The van der Waals surface area contributed by atoms with E-state index in [1.165, 1.54) is 0 Å². The Morgan fingerprint density at radius 1 is 1.06 bits per heavy atom. The van der Waals surface area contributed by atoms with Gasteiger partial charge in [0.05, 0.1) is 38.6 Å². The summed E-state index contributed by atoms with van der Waals surface area (Å²) in [6, 6.07) is 0. The third-order valence-corrected chi connectivity index (χ3v) is 2.73. The molecule has 0 saturated heterocycles. The topological polar surface area (TPSA) is 57.2 Å². The summed E-state index contributed by atoms with van der Waals surface area (Å²) in [5.74, 6) is 0. The van der Waals surface area contributed by atoms with Gasteiger partial charge in [-0.05, 0) is 6.42 Å². The molecule has 5 nitrogen and oxygen atoms in total. The Morgan fingerprint density at radius 3 is 2.47 bits per heavy atom. The first kappa shape index (κ1) is 14.9. The van der Waals surface area contributed by atoms with Crippen molar-refractivity contribution in [1.82, 2.24) is 0 Å². The zero-order chi connectivity index (χ0) is 12.5. The van der Waals surface area contributed by atoms with E-state index in [1.807, 2.05) is 0 Å². The first-order valence-electron chi connectivity index (χ1n) is 6.27. The zero-order valence-corrected chi connectivity index (χ0v) is 10.8. The fourth-order valence-corrected chi connectivity index (χ4v) is 1.71. The van der Waals surface area contributed by atoms with E-state index in [2.05, 4.69) is 6.92 Å². The second-order valence-electron chi connectivity index (χ2n) is 4.15. The highest BCUT2D eigenvalue weighted by atomic mass is 16.6. The van der Waals surface area contributed by atoms with E-state index in [9.17, 15) is 5.11 Å². The summed E-state index contributed by atoms with van der Waals surface area (Å²) in [7, 11) is 1.62. The van der Waals surface area contributed by atoms with E-state index in [1.54, 1.807) is 7.11 Å². The Labute approximate surface area is 103 Å². The second kappa shape index (κ2) is 8.83. The van der Waals surface area contributed by atoms with Crippen molar-refractivity contribution in [1.29, 1.82) is 0 Å². The molecule has 17 heavy (non-hydrogen) atoms. The van der Waals surface area contributed by atoms with Crippen molar-refractivity contribution in [3.8, 4) is 0 Å². The highest BCUT2D eigenvalue weighted by Gasteiger charge is 2.41. The van der Waals surface area contributed by atoms with Crippen molar-refractivity contribution in [3.05, 3.63) is 0 Å². The lowest BCUT2D eigenvalue weighted by Gasteiger charge is -2.40. The van der Waals surface area contributed by atoms with Gasteiger partial charge >= 0.3 is 0 Å². The standard InChI is InChI=1S/C12H24O5/c1-3-4-15-6-8-16-11-9-10(13)12(11)17-7-5-14-2/h10-13H,3-9H2,1-2H3. The zero-order valence-electron chi connectivity index (χ0n) is 10.8. The monoisotopic (exact) mass is 248 g/mol. The summed E-state index contributed by atoms with van der Waals surface area (Å²) in [5, 5.41) is 9.54. The van der Waals surface area contributed by atoms with Crippen LogP contribution in [0.2, 0.25) is 0 Å². The molecule has 3 atom stereocenters. The lowest BCUT2D eigenvalue weighted by Crippen LogP contribution is -2.54. The van der Waals surface area contributed by atoms with Gasteiger partial charge in [-0.3, -0.25) is 0 Å². The molecule has 0 amide bonds. The number of hydrogen-bond acceptors (Lipinski definition) is 5. The van der Waals surface area contributed by atoms with E-state index in [4.69, 9.17) is 18.9 Å². The Hall–Kier alpha value is -0.200. The summed E-state index contributed by atoms with van der Waals surface area (Å²) >= 11 is 0. The minimum absolute atomic E-state index is 0.00733. The molecule has 0 bridgehead atoms. The molecule has 0 radical (unpaired) electrons. The normalized spacial score (nSPS) is 28.1. The molecule has 1 fully saturated rings. The smallest absolute Gasteiger partial charge is 0.110 e. The third kappa shape index (κ3) is 5.31. The lowest BCUT2D eigenvalue weighted by atomic mass is 9.88. The van der Waals surface area contributed by atoms with Crippen LogP contribution in [0.1, 0.15) is 19.8 Å². The first-order chi connectivity index (χ1) is 8.29. The van der Waals surface area contributed by atoms with Crippen LogP contribution in [-0.2, 0) is 18.9 Å². The molecule has 0 aromatic rings. The van der Waals surface area contributed by atoms with E-state index in [-0.39, 0.29) is 12.2 Å². The van der Waals surface area contributed by atoms with Crippen LogP contribution < -0.4 is 0 Å². The summed E-state index contributed by atoms with van der Waals surface area (Å²) in [6.07, 6.45) is 1.04. The van der Waals surface area contributed by atoms with Crippen molar-refractivity contribution in [2.24, 2.45) is 0 Å². The second-order valence-corrected chi connectivity index (χ2v) is 4.15. The predicted molar refractivity (Wildman–Crippen MR) is 63.1 cm³/mol. The van der Waals surface area contributed by atoms with E-state index < -0.39 is 6.10 Å². The van der Waals surface area contributed by atoms with Crippen molar-refractivity contribution < 1.29 is 24.1 Å². The van der Waals surface area contributed by atoms with Gasteiger partial charge in [0.15, 0.2) is 0 Å². The number of methoxy groups -OCH3 is 1. The molecule has 1 N–H and O–H groups in total. The maximum absolute atomic E-state index is 9.54. The molecule has 102 valence electrons. The van der Waals surface area contributed by atoms with Crippen LogP contribution >= 0.6 is 0 Å². The average molecular weight is 248 g/mol. The Morgan fingerprint density at radius 2 is 1.82 bits per heavy atom. The SMILES string of the molecule is CCCOCCOC1CC(O)C1OCCOC. The quantitative estimate of drug-likeness (QED) is 0.574. The molecule has 3 unspecified atom stereocenters. The van der Waals surface area contributed by atoms with Crippen molar-refractivity contribution in [2.45, 2.75) is 38.1 Å². The van der Waals surface area contributed by atoms with Crippen LogP contribution in [-0.4, -0.2) is 63.6 Å². The van der Waals surface area contributed by atoms with Gasteiger partial charge in [0.2, 0.25) is 0 Å². The van der Waals surface area contributed by atoms with Gasteiger partial charge in [0.25, 0.3) is 0 Å². The Bertz CT molecular complexity index is 188. The molecule has 0 aliphatic heterocycles. The van der Waals surface area contributed by atoms with E-state index >= 15 is 0 Å². The maximum atomic E-state index is 9.54. The number of ether oxygens (including phenoxy) is 4. The van der Waals surface area contributed by atoms with Crippen LogP contribution in [0.5, 0.6) is 0 Å². The molecule has 0 aromatic carbocycles. The van der Waals surface area contributed by atoms with Crippen molar-refractivity contribution >= 4 is 0 Å². The van der Waals surface area contributed by atoms with Crippen LogP contribution in [0.15, 0.2) is 0 Å². The number of aliphatic hydroxyl groups is 1. The molecule has 1 aliphatic rings. The summed E-state index contributed by atoms with van der Waals surface area (Å²) in [6.45, 7) is 5.03. The summed E-state index contributed by atoms with van der Waals surface area (Å²) in [5.41, 5.74) is 0. The number of hydrogen-bond donors (Lipinski definition) is 1. The molecule has 1 rings (SSSR count). The van der Waals surface area contributed by atoms with E-state index in [0.29, 0.717) is 32.8 Å². The van der Waals surface area contributed by atoms with Gasteiger partial charge in [0, 0.05) is 20.1 Å². The molecule has 0 heterocycles. The fraction of sp³-hybridized carbons (Fsp3) is 1.00. The van der Waals surface area contributed by atoms with Gasteiger partial charge < -0.3 is 24.1 Å². The van der Waals surface area contributed by atoms with Crippen LogP contribution in [0.25, 0.3) is 0 Å². The number of aliphatic hydroxyl groups excluding tert-OH is 1. The lowest BCUT2D eigenvalue weighted by molar-refractivity contribution is -0.198. The highest BCUT2D eigenvalue weighted by Crippen LogP contribution is 2.27. The fourth-order valence-electron chi connectivity index (χ4n) is 1.71. The third-order valence-electron chi connectivity index (χ3n) is 2.73. The van der Waals surface area contributed by atoms with Gasteiger partial charge in [-0.2, -0.15) is 0 Å². The first-order valence-corrected chi connectivity index (χ1v) is 6.27. The molecule has 0 aromatic heterocycles. The largest absolute Gasteiger partial charge is 0.390 e. The summed E-state index contributed by atoms with van der Waals surface area (Å²) < 4.78 is 21.3. The van der Waals surface area contributed by atoms with Crippen molar-refractivity contribution in [3.63, 3.8) is 0 Å². The molecule has 1 aliphatic carbocycles. The van der Waals surface area contributed by atoms with Crippen LogP contribution in [0.3, 0.4) is 0 Å². The minimum Gasteiger partial charge on any atom is -0.390 e. The average Bonchev–Trinajstić information content (AvgIpc) is 2.33. The minimum atomic E-state index is -0.409. The Balaban J connectivity index is 2.03. The Kier molecular flexibility index (Phi) is 7.72. The number of rotatable bonds is 10. The van der Waals surface area contributed by atoms with Crippen LogP contribution in [0, 0.1) is 0 Å². The predicted octanol–water partition coefficient (Wildman–Crippen LogP) is 0.594. The maximum Gasteiger partial charge on any atom is 0.110 e. The molecule has 5 heteroatoms. The van der Waals surface area contributed by atoms with Gasteiger partial charge in [-0.15, -0.1) is 0 Å². The van der Waals surface area contributed by atoms with Gasteiger partial charge in [-0.25, -0.2) is 0 Å². The molecular weight excluding hydrogens is 224 g/mol. The van der Waals surface area contributed by atoms with E-state index in [0.717, 1.165) is 13.0 Å². The molecular formula is C12H24O5. The molecule has 1 saturated carbocycles. The van der Waals surface area contributed by atoms with Crippen molar-refractivity contribution in [2.75, 3.05) is 40.1 Å². The van der Waals surface area contributed by atoms with Gasteiger partial charge in [0.1, 0.15) is 6.10 Å². The van der Waals surface area contributed by atoms with Gasteiger partial charge in [-0.1, -0.05) is 6.92 Å².